The molecule has 0 N–H and O–H groups in total. The lowest BCUT2D eigenvalue weighted by Crippen LogP contribution is -2.13. The highest BCUT2D eigenvalue weighted by atomic mass is 79.9. The van der Waals surface area contributed by atoms with Crippen LogP contribution in [0.25, 0.3) is 0 Å². The molecule has 24 heavy (non-hydrogen) atoms. The highest BCUT2D eigenvalue weighted by Crippen LogP contribution is 2.27. The van der Waals surface area contributed by atoms with Crippen LogP contribution in [0.4, 0.5) is 8.78 Å². The van der Waals surface area contributed by atoms with Crippen LogP contribution in [0.3, 0.4) is 0 Å². The minimum Gasteiger partial charge on any atom is -0.207 e. The van der Waals surface area contributed by atoms with E-state index in [1.54, 1.807) is 6.92 Å². The Balaban J connectivity index is 0.000000240. The van der Waals surface area contributed by atoms with Gasteiger partial charge in [0, 0.05) is 4.47 Å². The number of halogens is 3. The van der Waals surface area contributed by atoms with Crippen molar-refractivity contribution < 1.29 is 8.78 Å². The fourth-order valence-electron chi connectivity index (χ4n) is 2.21. The summed E-state index contributed by atoms with van der Waals surface area (Å²) in [7, 11) is 0. The molecule has 132 valence electrons. The summed E-state index contributed by atoms with van der Waals surface area (Å²) in [6.07, 6.45) is 0. The molecule has 0 saturated heterocycles. The zero-order chi connectivity index (χ0) is 18.7. The molecular formula is C21H27BrF2. The Bertz CT molecular complexity index is 692. The Labute approximate surface area is 153 Å². The van der Waals surface area contributed by atoms with Gasteiger partial charge in [0.15, 0.2) is 0 Å². The second-order valence-electron chi connectivity index (χ2n) is 8.09. The summed E-state index contributed by atoms with van der Waals surface area (Å²) in [6.45, 7) is 14.2. The summed E-state index contributed by atoms with van der Waals surface area (Å²) >= 11 is 3.22. The van der Waals surface area contributed by atoms with Crippen molar-refractivity contribution in [3.05, 3.63) is 69.2 Å². The third-order valence-electron chi connectivity index (χ3n) is 3.76. The van der Waals surface area contributed by atoms with Crippen LogP contribution in [0.5, 0.6) is 0 Å². The monoisotopic (exact) mass is 396 g/mol. The van der Waals surface area contributed by atoms with E-state index in [0.29, 0.717) is 0 Å². The SMILES string of the molecule is CC(C)(C)c1ccc(Br)cc1F.Cc1cc(C(C)(C)C)ccc1F. The molecule has 0 nitrogen and oxygen atoms in total. The smallest absolute Gasteiger partial charge is 0.128 e. The molecule has 2 aromatic rings. The topological polar surface area (TPSA) is 0 Å². The normalized spacial score (nSPS) is 11.8. The van der Waals surface area contributed by atoms with Gasteiger partial charge in [-0.2, -0.15) is 0 Å². The average Bonchev–Trinajstić information content (AvgIpc) is 2.39. The molecule has 0 heterocycles. The Kier molecular flexibility index (Phi) is 6.75. The van der Waals surface area contributed by atoms with Crippen molar-refractivity contribution in [2.45, 2.75) is 59.3 Å². The summed E-state index contributed by atoms with van der Waals surface area (Å²) in [6, 6.07) is 10.5. The van der Waals surface area contributed by atoms with Gasteiger partial charge in [-0.3, -0.25) is 0 Å². The lowest BCUT2D eigenvalue weighted by Gasteiger charge is -2.19. The molecule has 0 spiro atoms. The number of hydrogen-bond acceptors (Lipinski definition) is 0. The molecule has 0 aliphatic carbocycles. The van der Waals surface area contributed by atoms with Crippen molar-refractivity contribution in [1.29, 1.82) is 0 Å². The van der Waals surface area contributed by atoms with E-state index >= 15 is 0 Å². The zero-order valence-corrected chi connectivity index (χ0v) is 17.2. The van der Waals surface area contributed by atoms with Gasteiger partial charge in [0.05, 0.1) is 0 Å². The van der Waals surface area contributed by atoms with Crippen LogP contribution in [0.15, 0.2) is 40.9 Å². The second kappa shape index (κ2) is 7.77. The molecule has 3 heteroatoms. The van der Waals surface area contributed by atoms with Gasteiger partial charge in [-0.1, -0.05) is 75.7 Å². The maximum Gasteiger partial charge on any atom is 0.128 e. The van der Waals surface area contributed by atoms with Gasteiger partial charge in [0.1, 0.15) is 11.6 Å². The van der Waals surface area contributed by atoms with Crippen molar-refractivity contribution in [2.75, 3.05) is 0 Å². The van der Waals surface area contributed by atoms with Gasteiger partial charge in [0.2, 0.25) is 0 Å². The van der Waals surface area contributed by atoms with Crippen LogP contribution in [0.2, 0.25) is 0 Å². The van der Waals surface area contributed by atoms with Gasteiger partial charge >= 0.3 is 0 Å². The van der Waals surface area contributed by atoms with Gasteiger partial charge in [0.25, 0.3) is 0 Å². The molecule has 0 bridgehead atoms. The highest BCUT2D eigenvalue weighted by molar-refractivity contribution is 9.10. The minimum absolute atomic E-state index is 0.110. The first-order valence-corrected chi connectivity index (χ1v) is 8.84. The van der Waals surface area contributed by atoms with E-state index in [4.69, 9.17) is 0 Å². The highest BCUT2D eigenvalue weighted by Gasteiger charge is 2.17. The van der Waals surface area contributed by atoms with Crippen molar-refractivity contribution in [2.24, 2.45) is 0 Å². The van der Waals surface area contributed by atoms with E-state index in [2.05, 4.69) is 36.7 Å². The first-order valence-electron chi connectivity index (χ1n) is 8.04. The lowest BCUT2D eigenvalue weighted by atomic mass is 9.86. The van der Waals surface area contributed by atoms with Gasteiger partial charge in [-0.05, 0) is 52.6 Å². The zero-order valence-electron chi connectivity index (χ0n) is 15.6. The largest absolute Gasteiger partial charge is 0.207 e. The predicted octanol–water partition coefficient (Wildman–Crippen LogP) is 7.32. The molecule has 0 aliphatic rings. The molecule has 0 fully saturated rings. The number of benzene rings is 2. The summed E-state index contributed by atoms with van der Waals surface area (Å²) in [5, 5.41) is 0. The fourth-order valence-corrected chi connectivity index (χ4v) is 2.54. The third kappa shape index (κ3) is 6.01. The number of aryl methyl sites for hydroxylation is 1. The number of rotatable bonds is 0. The molecule has 0 aliphatic heterocycles. The molecule has 0 saturated carbocycles. The standard InChI is InChI=1S/C11H15F.C10H12BrF/c1-8-7-9(11(2,3)4)5-6-10(8)12;1-10(2,3)8-5-4-7(11)6-9(8)12/h5-7H,1-4H3;4-6H,1-3H3. The third-order valence-corrected chi connectivity index (χ3v) is 4.26. The fraction of sp³-hybridized carbons (Fsp3) is 0.429. The van der Waals surface area contributed by atoms with Crippen LogP contribution in [-0.4, -0.2) is 0 Å². The van der Waals surface area contributed by atoms with Crippen molar-refractivity contribution in [3.63, 3.8) is 0 Å². The molecule has 0 atom stereocenters. The molecular weight excluding hydrogens is 370 g/mol. The van der Waals surface area contributed by atoms with E-state index in [0.717, 1.165) is 15.6 Å². The molecule has 2 rings (SSSR count). The van der Waals surface area contributed by atoms with Crippen LogP contribution in [-0.2, 0) is 10.8 Å². The van der Waals surface area contributed by atoms with Crippen LogP contribution >= 0.6 is 15.9 Å². The van der Waals surface area contributed by atoms with Crippen molar-refractivity contribution in [3.8, 4) is 0 Å². The van der Waals surface area contributed by atoms with E-state index < -0.39 is 0 Å². The molecule has 0 aromatic heterocycles. The molecule has 0 unspecified atom stereocenters. The van der Waals surface area contributed by atoms with E-state index in [1.165, 1.54) is 17.7 Å². The van der Waals surface area contributed by atoms with E-state index in [9.17, 15) is 8.78 Å². The lowest BCUT2D eigenvalue weighted by molar-refractivity contribution is 0.522. The Morgan fingerprint density at radius 3 is 1.75 bits per heavy atom. The summed E-state index contributed by atoms with van der Waals surface area (Å²) in [5.41, 5.74) is 2.65. The van der Waals surface area contributed by atoms with Gasteiger partial charge < -0.3 is 0 Å². The quantitative estimate of drug-likeness (QED) is 0.437. The van der Waals surface area contributed by atoms with Crippen molar-refractivity contribution >= 4 is 15.9 Å². The van der Waals surface area contributed by atoms with E-state index in [1.807, 2.05) is 45.0 Å². The molecule has 0 radical (unpaired) electrons. The van der Waals surface area contributed by atoms with Gasteiger partial charge in [-0.15, -0.1) is 0 Å². The summed E-state index contributed by atoms with van der Waals surface area (Å²) < 4.78 is 27.0. The first kappa shape index (κ1) is 20.8. The Morgan fingerprint density at radius 2 is 1.33 bits per heavy atom. The Hall–Kier alpha value is -1.22. The molecule has 0 amide bonds. The maximum absolute atomic E-state index is 13.3. The average molecular weight is 397 g/mol. The van der Waals surface area contributed by atoms with Crippen LogP contribution < -0.4 is 0 Å². The van der Waals surface area contributed by atoms with Crippen LogP contribution in [0.1, 0.15) is 58.2 Å². The number of hydrogen-bond donors (Lipinski definition) is 0. The van der Waals surface area contributed by atoms with Crippen LogP contribution in [0, 0.1) is 18.6 Å². The predicted molar refractivity (Wildman–Crippen MR) is 103 cm³/mol. The second-order valence-corrected chi connectivity index (χ2v) is 9.00. The summed E-state index contributed by atoms with van der Waals surface area (Å²) in [5.74, 6) is -0.264. The molecule has 2 aromatic carbocycles. The van der Waals surface area contributed by atoms with Gasteiger partial charge in [-0.25, -0.2) is 8.78 Å². The first-order chi connectivity index (χ1) is 10.8. The summed E-state index contributed by atoms with van der Waals surface area (Å²) in [4.78, 5) is 0. The minimum atomic E-state index is -0.142. The Morgan fingerprint density at radius 1 is 0.750 bits per heavy atom. The maximum atomic E-state index is 13.3. The van der Waals surface area contributed by atoms with Crippen molar-refractivity contribution in [1.82, 2.24) is 0 Å². The van der Waals surface area contributed by atoms with E-state index in [-0.39, 0.29) is 22.5 Å².